The van der Waals surface area contributed by atoms with Crippen molar-refractivity contribution in [2.75, 3.05) is 19.1 Å². The van der Waals surface area contributed by atoms with Gasteiger partial charge in [-0.25, -0.2) is 0 Å². The molecule has 0 saturated heterocycles. The van der Waals surface area contributed by atoms with Crippen molar-refractivity contribution in [2.45, 2.75) is 12.5 Å². The summed E-state index contributed by atoms with van der Waals surface area (Å²) in [5, 5.41) is 0. The van der Waals surface area contributed by atoms with Crippen molar-refractivity contribution in [3.8, 4) is 0 Å². The van der Waals surface area contributed by atoms with E-state index in [2.05, 4.69) is 9.07 Å². The number of nitrogens with two attached hydrogens (primary N) is 1. The molecule has 4 nitrogen and oxygen atoms in total. The number of esters is 1. The summed E-state index contributed by atoms with van der Waals surface area (Å²) < 4.78 is 12.9. The monoisotopic (exact) mass is 258 g/mol. The average molecular weight is 257 g/mol. The van der Waals surface area contributed by atoms with E-state index in [1.165, 1.54) is 7.11 Å². The molecule has 12 heavy (non-hydrogen) atoms. The van der Waals surface area contributed by atoms with Crippen molar-refractivity contribution in [3.05, 3.63) is 0 Å². The number of hydrogen-bond donors (Lipinski definition) is 2. The zero-order valence-electron chi connectivity index (χ0n) is 7.20. The van der Waals surface area contributed by atoms with Crippen LogP contribution in [0.15, 0.2) is 0 Å². The van der Waals surface area contributed by atoms with Crippen LogP contribution in [-0.2, 0) is 9.53 Å². The van der Waals surface area contributed by atoms with Gasteiger partial charge in [0.1, 0.15) is 0 Å². The Labute approximate surface area is 83.6 Å². The maximum absolute atomic E-state index is 11.1. The number of methoxy groups -OCH3 is 1. The molecule has 0 aliphatic carbocycles. The van der Waals surface area contributed by atoms with Crippen molar-refractivity contribution >= 4 is 33.1 Å². The van der Waals surface area contributed by atoms with E-state index in [-0.39, 0.29) is 27.4 Å². The van der Waals surface area contributed by atoms with Crippen LogP contribution in [-0.4, -0.2) is 46.5 Å². The molecule has 0 spiro atoms. The Morgan fingerprint density at radius 1 is 1.83 bits per heavy atom. The van der Waals surface area contributed by atoms with Crippen LogP contribution in [0.1, 0.15) is 6.42 Å². The third kappa shape index (κ3) is 5.00. The molecule has 0 aromatic carbocycles. The molecule has 0 aromatic rings. The Kier molecular flexibility index (Phi) is 8.06. The van der Waals surface area contributed by atoms with E-state index in [9.17, 15) is 4.79 Å². The van der Waals surface area contributed by atoms with E-state index in [1.807, 2.05) is 6.26 Å². The van der Waals surface area contributed by atoms with E-state index in [4.69, 9.17) is 4.75 Å². The third-order valence-electron chi connectivity index (χ3n) is 1.31. The summed E-state index contributed by atoms with van der Waals surface area (Å²) in [4.78, 5) is 11.1. The van der Waals surface area contributed by atoms with Gasteiger partial charge in [0.25, 0.3) is 0 Å². The summed E-state index contributed by atoms with van der Waals surface area (Å²) in [6, 6.07) is -0.229. The van der Waals surface area contributed by atoms with Crippen LogP contribution >= 0.6 is 11.8 Å². The minimum absolute atomic E-state index is 0.183. The molecule has 0 heterocycles. The second kappa shape index (κ2) is 7.89. The van der Waals surface area contributed by atoms with Crippen LogP contribution in [0, 0.1) is 0 Å². The van der Waals surface area contributed by atoms with Crippen molar-refractivity contribution < 1.29 is 9.53 Å². The van der Waals surface area contributed by atoms with E-state index in [1.54, 1.807) is 11.8 Å². The molecule has 3 N–H and O–H groups in total. The number of rotatable bonds is 6. The van der Waals surface area contributed by atoms with Gasteiger partial charge in [-0.2, -0.15) is 0 Å². The first-order valence-corrected chi connectivity index (χ1v) is 6.68. The van der Waals surface area contributed by atoms with Gasteiger partial charge in [0.15, 0.2) is 0 Å². The summed E-state index contributed by atoms with van der Waals surface area (Å²) in [6.45, 7) is 0. The molecule has 72 valence electrons. The Morgan fingerprint density at radius 2 is 2.50 bits per heavy atom. The molecule has 0 bridgehead atoms. The standard InChI is InChI=1S/C6H14N2O2SSe/c1-10-6(9)5(8-12-7)3-4-11-2/h5,8H,3-4,7H2,1-2H3/t5-/m0/s1. The topological polar surface area (TPSA) is 64.3 Å². The van der Waals surface area contributed by atoms with Gasteiger partial charge >= 0.3 is 83.3 Å². The molecule has 0 radical (unpaired) electrons. The molecule has 0 aliphatic heterocycles. The van der Waals surface area contributed by atoms with Crippen molar-refractivity contribution in [1.29, 1.82) is 0 Å². The quantitative estimate of drug-likeness (QED) is 0.489. The molecule has 0 amide bonds. The number of carbonyl (C=O) groups is 1. The van der Waals surface area contributed by atoms with Crippen LogP contribution in [0.3, 0.4) is 0 Å². The molecule has 0 unspecified atom stereocenters. The van der Waals surface area contributed by atoms with Gasteiger partial charge < -0.3 is 0 Å². The van der Waals surface area contributed by atoms with E-state index >= 15 is 0 Å². The molecular weight excluding hydrogens is 243 g/mol. The fourth-order valence-electron chi connectivity index (χ4n) is 0.685. The van der Waals surface area contributed by atoms with Gasteiger partial charge in [-0.1, -0.05) is 0 Å². The summed E-state index contributed by atoms with van der Waals surface area (Å²) in [5.74, 6) is 0.708. The number of hydrogen-bond acceptors (Lipinski definition) is 5. The van der Waals surface area contributed by atoms with Crippen LogP contribution < -0.4 is 9.08 Å². The average Bonchev–Trinajstić information content (AvgIpc) is 2.11. The Morgan fingerprint density at radius 3 is 2.92 bits per heavy atom. The van der Waals surface area contributed by atoms with Crippen molar-refractivity contribution in [2.24, 2.45) is 4.75 Å². The molecule has 6 heteroatoms. The third-order valence-corrected chi connectivity index (χ3v) is 2.83. The Bertz CT molecular complexity index is 137. The Balaban J connectivity index is 3.76. The summed E-state index contributed by atoms with van der Waals surface area (Å²) in [5.41, 5.74) is 0. The summed E-state index contributed by atoms with van der Waals surface area (Å²) in [6.07, 6.45) is 2.77. The van der Waals surface area contributed by atoms with Gasteiger partial charge in [-0.3, -0.25) is 0 Å². The minimum atomic E-state index is -0.229. The molecule has 0 rings (SSSR count). The zero-order chi connectivity index (χ0) is 9.40. The van der Waals surface area contributed by atoms with Gasteiger partial charge in [0.05, 0.1) is 0 Å². The van der Waals surface area contributed by atoms with Gasteiger partial charge in [-0.15, -0.1) is 0 Å². The summed E-state index contributed by atoms with van der Waals surface area (Å²) in [7, 11) is 1.39. The normalized spacial score (nSPS) is 12.6. The first-order chi connectivity index (χ1) is 5.76. The van der Waals surface area contributed by atoms with Crippen molar-refractivity contribution in [3.63, 3.8) is 0 Å². The van der Waals surface area contributed by atoms with Crippen LogP contribution in [0.5, 0.6) is 0 Å². The zero-order valence-corrected chi connectivity index (χ0v) is 9.73. The first-order valence-electron chi connectivity index (χ1n) is 3.44. The number of ether oxygens (including phenoxy) is 1. The van der Waals surface area contributed by atoms with Gasteiger partial charge in [0, 0.05) is 0 Å². The van der Waals surface area contributed by atoms with Crippen LogP contribution in [0.25, 0.3) is 0 Å². The van der Waals surface area contributed by atoms with Gasteiger partial charge in [-0.05, 0) is 0 Å². The fourth-order valence-corrected chi connectivity index (χ4v) is 1.95. The molecule has 1 atom stereocenters. The van der Waals surface area contributed by atoms with E-state index in [0.29, 0.717) is 0 Å². The first kappa shape index (κ1) is 12.3. The molecule has 0 saturated carbocycles. The number of carbonyl (C=O) groups excluding carboxylic acids is 1. The molecule has 0 aromatic heterocycles. The van der Waals surface area contributed by atoms with Gasteiger partial charge in [0.2, 0.25) is 0 Å². The maximum atomic E-state index is 11.1. The van der Waals surface area contributed by atoms with E-state index in [0.717, 1.165) is 12.2 Å². The summed E-state index contributed by atoms with van der Waals surface area (Å²) >= 11 is 1.52. The second-order valence-corrected chi connectivity index (χ2v) is 4.07. The van der Waals surface area contributed by atoms with Crippen LogP contribution in [0.2, 0.25) is 0 Å². The number of thioether (sulfide) groups is 1. The number of nitrogens with one attached hydrogen (secondary N) is 1. The van der Waals surface area contributed by atoms with Crippen LogP contribution in [0.4, 0.5) is 0 Å². The molecule has 0 aliphatic rings. The predicted octanol–water partition coefficient (Wildman–Crippen LogP) is -0.636. The van der Waals surface area contributed by atoms with Crippen molar-refractivity contribution in [1.82, 2.24) is 4.33 Å². The molecule has 0 fully saturated rings. The fraction of sp³-hybridized carbons (Fsp3) is 0.833. The predicted molar refractivity (Wildman–Crippen MR) is 51.9 cm³/mol. The molecular formula is C6H14N2O2SSe. The van der Waals surface area contributed by atoms with E-state index < -0.39 is 0 Å². The SMILES string of the molecule is COC(=O)[C@H](CCSC)N[Se]N. The Hall–Kier alpha value is 0.259. The second-order valence-electron chi connectivity index (χ2n) is 2.09.